The number of hydrogen-bond donors (Lipinski definition) is 2. The molecular formula is C23H31N3O3. The summed E-state index contributed by atoms with van der Waals surface area (Å²) in [5.41, 5.74) is 2.12. The minimum absolute atomic E-state index is 0.106. The maximum absolute atomic E-state index is 12.9. The van der Waals surface area contributed by atoms with E-state index in [1.807, 2.05) is 4.90 Å². The van der Waals surface area contributed by atoms with E-state index in [2.05, 4.69) is 41.8 Å². The van der Waals surface area contributed by atoms with Crippen LogP contribution in [0.5, 0.6) is 0 Å². The summed E-state index contributed by atoms with van der Waals surface area (Å²) in [5.74, 6) is 0.965. The first-order valence-corrected chi connectivity index (χ1v) is 11.0. The van der Waals surface area contributed by atoms with E-state index >= 15 is 0 Å². The predicted octanol–water partition coefficient (Wildman–Crippen LogP) is 3.24. The Morgan fingerprint density at radius 1 is 1.03 bits per heavy atom. The van der Waals surface area contributed by atoms with Gasteiger partial charge in [-0.3, -0.25) is 4.79 Å². The summed E-state index contributed by atoms with van der Waals surface area (Å²) in [4.78, 5) is 26.3. The second-order valence-corrected chi connectivity index (χ2v) is 9.76. The monoisotopic (exact) mass is 397 g/mol. The number of benzene rings is 1. The smallest absolute Gasteiger partial charge is 0.317 e. The molecule has 6 nitrogen and oxygen atoms in total. The molecule has 2 N–H and O–H groups in total. The summed E-state index contributed by atoms with van der Waals surface area (Å²) in [7, 11) is 0. The standard InChI is InChI=1S/C23H31N3O3/c1-15(27)26-9-7-18(8-10-26)24-21(28)25-23-13-16-11-22(2,29-23)12-17(14-23)20-6-4-3-5-19(16)20/h3-6,16-18H,7-14H2,1-2H3,(H2,24,25,28). The summed E-state index contributed by atoms with van der Waals surface area (Å²) in [6.07, 6.45) is 5.33. The van der Waals surface area contributed by atoms with Crippen molar-refractivity contribution in [1.82, 2.24) is 15.5 Å². The van der Waals surface area contributed by atoms with Gasteiger partial charge in [0.05, 0.1) is 5.60 Å². The van der Waals surface area contributed by atoms with Crippen LogP contribution in [-0.4, -0.2) is 47.3 Å². The van der Waals surface area contributed by atoms with Crippen molar-refractivity contribution in [3.05, 3.63) is 35.4 Å². The molecule has 6 rings (SSSR count). The zero-order chi connectivity index (χ0) is 20.2. The number of carbonyl (C=O) groups is 2. The molecule has 3 amide bonds. The normalized spacial score (nSPS) is 35.7. The molecule has 0 spiro atoms. The highest BCUT2D eigenvalue weighted by atomic mass is 16.5. The molecule has 6 heteroatoms. The van der Waals surface area contributed by atoms with Gasteiger partial charge in [-0.25, -0.2) is 4.79 Å². The molecule has 29 heavy (non-hydrogen) atoms. The highest BCUT2D eigenvalue weighted by molar-refractivity contribution is 5.75. The van der Waals surface area contributed by atoms with Gasteiger partial charge in [-0.1, -0.05) is 24.3 Å². The Kier molecular flexibility index (Phi) is 4.39. The van der Waals surface area contributed by atoms with Crippen molar-refractivity contribution < 1.29 is 14.3 Å². The fourth-order valence-electron chi connectivity index (χ4n) is 6.38. The van der Waals surface area contributed by atoms with Crippen molar-refractivity contribution in [2.75, 3.05) is 13.1 Å². The van der Waals surface area contributed by atoms with Gasteiger partial charge in [-0.15, -0.1) is 0 Å². The summed E-state index contributed by atoms with van der Waals surface area (Å²) >= 11 is 0. The third-order valence-electron chi connectivity index (χ3n) is 7.44. The average Bonchev–Trinajstić information content (AvgIpc) is 2.80. The number of urea groups is 1. The summed E-state index contributed by atoms with van der Waals surface area (Å²) in [6, 6.07) is 8.77. The molecule has 4 bridgehead atoms. The Morgan fingerprint density at radius 2 is 1.62 bits per heavy atom. The summed E-state index contributed by atoms with van der Waals surface area (Å²) in [6.45, 7) is 5.23. The number of piperidine rings is 1. The highest BCUT2D eigenvalue weighted by Gasteiger charge is 2.56. The van der Waals surface area contributed by atoms with E-state index in [1.165, 1.54) is 11.1 Å². The van der Waals surface area contributed by atoms with E-state index in [0.29, 0.717) is 24.9 Å². The van der Waals surface area contributed by atoms with E-state index in [1.54, 1.807) is 6.92 Å². The number of rotatable bonds is 2. The molecule has 0 saturated carbocycles. The Hall–Kier alpha value is -2.08. The molecule has 1 aromatic rings. The maximum Gasteiger partial charge on any atom is 0.317 e. The number of ether oxygens (including phenoxy) is 1. The summed E-state index contributed by atoms with van der Waals surface area (Å²) in [5, 5.41) is 6.39. The molecule has 2 atom stereocenters. The first-order valence-electron chi connectivity index (χ1n) is 11.0. The van der Waals surface area contributed by atoms with Gasteiger partial charge in [-0.05, 0) is 55.6 Å². The van der Waals surface area contributed by atoms with E-state index in [-0.39, 0.29) is 23.6 Å². The quantitative estimate of drug-likeness (QED) is 0.805. The van der Waals surface area contributed by atoms with Crippen molar-refractivity contribution in [2.45, 2.75) is 81.6 Å². The lowest BCUT2D eigenvalue weighted by atomic mass is 9.73. The van der Waals surface area contributed by atoms with Gasteiger partial charge in [0.1, 0.15) is 5.72 Å². The maximum atomic E-state index is 12.9. The van der Waals surface area contributed by atoms with Crippen LogP contribution < -0.4 is 10.6 Å². The molecule has 0 radical (unpaired) electrons. The first-order chi connectivity index (χ1) is 13.8. The number of nitrogens with one attached hydrogen (secondary N) is 2. The van der Waals surface area contributed by atoms with Crippen molar-refractivity contribution in [2.24, 2.45) is 0 Å². The van der Waals surface area contributed by atoms with E-state index in [0.717, 1.165) is 38.5 Å². The van der Waals surface area contributed by atoms with Gasteiger partial charge >= 0.3 is 6.03 Å². The van der Waals surface area contributed by atoms with Crippen LogP contribution in [0.25, 0.3) is 0 Å². The number of nitrogens with zero attached hydrogens (tertiary/aromatic N) is 1. The van der Waals surface area contributed by atoms with Crippen molar-refractivity contribution in [3.63, 3.8) is 0 Å². The van der Waals surface area contributed by atoms with Gasteiger partial charge in [0.15, 0.2) is 0 Å². The largest absolute Gasteiger partial charge is 0.349 e. The Labute approximate surface area is 172 Å². The second-order valence-electron chi connectivity index (χ2n) is 9.76. The molecule has 156 valence electrons. The SMILES string of the molecule is CC(=O)N1CCC(NC(=O)NC23CC4CC(C)(CC(C2)c2ccccc24)O3)CC1. The molecule has 2 unspecified atom stereocenters. The average molecular weight is 398 g/mol. The zero-order valence-corrected chi connectivity index (χ0v) is 17.4. The van der Waals surface area contributed by atoms with E-state index < -0.39 is 5.72 Å². The van der Waals surface area contributed by atoms with Crippen LogP contribution in [-0.2, 0) is 9.53 Å². The van der Waals surface area contributed by atoms with Crippen molar-refractivity contribution in [1.29, 1.82) is 0 Å². The van der Waals surface area contributed by atoms with Crippen LogP contribution in [0.1, 0.15) is 75.3 Å². The molecule has 1 aromatic carbocycles. The van der Waals surface area contributed by atoms with Crippen molar-refractivity contribution >= 4 is 11.9 Å². The fraction of sp³-hybridized carbons (Fsp3) is 0.652. The highest BCUT2D eigenvalue weighted by Crippen LogP contribution is 2.58. The van der Waals surface area contributed by atoms with Gasteiger partial charge in [0.25, 0.3) is 0 Å². The van der Waals surface area contributed by atoms with Crippen molar-refractivity contribution in [3.8, 4) is 0 Å². The van der Waals surface area contributed by atoms with Gasteiger partial charge in [0.2, 0.25) is 5.91 Å². The minimum Gasteiger partial charge on any atom is -0.349 e. The number of amides is 3. The Morgan fingerprint density at radius 3 is 2.17 bits per heavy atom. The lowest BCUT2D eigenvalue weighted by Crippen LogP contribution is -2.64. The second kappa shape index (κ2) is 6.73. The van der Waals surface area contributed by atoms with E-state index in [4.69, 9.17) is 4.74 Å². The number of likely N-dealkylation sites (tertiary alicyclic amines) is 1. The molecule has 3 saturated heterocycles. The third kappa shape index (κ3) is 3.41. The first kappa shape index (κ1) is 18.9. The predicted molar refractivity (Wildman–Crippen MR) is 110 cm³/mol. The van der Waals surface area contributed by atoms with Crippen LogP contribution in [0.3, 0.4) is 0 Å². The molecule has 2 aliphatic carbocycles. The van der Waals surface area contributed by atoms with Crippen LogP contribution in [0.15, 0.2) is 24.3 Å². The molecular weight excluding hydrogens is 366 g/mol. The lowest BCUT2D eigenvalue weighted by Gasteiger charge is -2.53. The molecule has 0 aromatic heterocycles. The third-order valence-corrected chi connectivity index (χ3v) is 7.44. The lowest BCUT2D eigenvalue weighted by molar-refractivity contribution is -0.228. The fourth-order valence-corrected chi connectivity index (χ4v) is 6.38. The topological polar surface area (TPSA) is 70.7 Å². The molecule has 3 fully saturated rings. The number of carbonyl (C=O) groups excluding carboxylic acids is 2. The van der Waals surface area contributed by atoms with Gasteiger partial charge < -0.3 is 20.3 Å². The molecule has 3 aliphatic heterocycles. The zero-order valence-electron chi connectivity index (χ0n) is 17.4. The summed E-state index contributed by atoms with van der Waals surface area (Å²) < 4.78 is 6.59. The van der Waals surface area contributed by atoms with Crippen LogP contribution in [0.2, 0.25) is 0 Å². The van der Waals surface area contributed by atoms with Gasteiger partial charge in [-0.2, -0.15) is 0 Å². The van der Waals surface area contributed by atoms with Gasteiger partial charge in [0, 0.05) is 38.9 Å². The van der Waals surface area contributed by atoms with Crippen LogP contribution >= 0.6 is 0 Å². The molecule has 5 aliphatic rings. The van der Waals surface area contributed by atoms with Crippen LogP contribution in [0.4, 0.5) is 4.79 Å². The molecule has 3 heterocycles. The minimum atomic E-state index is -0.593. The Balaban J connectivity index is 1.30. The Bertz CT molecular complexity index is 795. The number of hydrogen-bond acceptors (Lipinski definition) is 3. The van der Waals surface area contributed by atoms with E-state index in [9.17, 15) is 9.59 Å². The van der Waals surface area contributed by atoms with Crippen LogP contribution in [0, 0.1) is 0 Å².